The molecule has 0 aliphatic heterocycles. The molecule has 0 saturated heterocycles. The summed E-state index contributed by atoms with van der Waals surface area (Å²) < 4.78 is 18.7. The molecular formula is C13H19FN2O3. The highest BCUT2D eigenvalue weighted by atomic mass is 19.1. The van der Waals surface area contributed by atoms with E-state index in [1.807, 2.05) is 19.0 Å². The molecule has 1 amide bonds. The lowest BCUT2D eigenvalue weighted by Crippen LogP contribution is -2.29. The lowest BCUT2D eigenvalue weighted by atomic mass is 10.2. The van der Waals surface area contributed by atoms with E-state index in [0.29, 0.717) is 19.8 Å². The number of benzene rings is 1. The zero-order valence-corrected chi connectivity index (χ0v) is 11.1. The number of nitrogens with zero attached hydrogens (tertiary/aromatic N) is 1. The van der Waals surface area contributed by atoms with Crippen LogP contribution in [0.1, 0.15) is 10.4 Å². The number of aromatic hydroxyl groups is 1. The fourth-order valence-electron chi connectivity index (χ4n) is 1.37. The van der Waals surface area contributed by atoms with Crippen LogP contribution in [-0.4, -0.2) is 56.3 Å². The van der Waals surface area contributed by atoms with Gasteiger partial charge in [0, 0.05) is 19.2 Å². The van der Waals surface area contributed by atoms with Crippen molar-refractivity contribution in [2.75, 3.05) is 40.4 Å². The van der Waals surface area contributed by atoms with E-state index in [-0.39, 0.29) is 11.3 Å². The minimum Gasteiger partial charge on any atom is -0.508 e. The van der Waals surface area contributed by atoms with E-state index >= 15 is 0 Å². The van der Waals surface area contributed by atoms with Crippen LogP contribution in [0.4, 0.5) is 4.39 Å². The highest BCUT2D eigenvalue weighted by Crippen LogP contribution is 2.14. The summed E-state index contributed by atoms with van der Waals surface area (Å²) in [4.78, 5) is 13.6. The van der Waals surface area contributed by atoms with Gasteiger partial charge in [-0.25, -0.2) is 4.39 Å². The molecule has 1 aromatic carbocycles. The number of carbonyl (C=O) groups excluding carboxylic acids is 1. The Morgan fingerprint density at radius 1 is 1.42 bits per heavy atom. The van der Waals surface area contributed by atoms with Crippen LogP contribution in [0.15, 0.2) is 18.2 Å². The van der Waals surface area contributed by atoms with Gasteiger partial charge in [0.1, 0.15) is 11.6 Å². The zero-order chi connectivity index (χ0) is 14.3. The van der Waals surface area contributed by atoms with Gasteiger partial charge in [-0.05, 0) is 26.2 Å². The van der Waals surface area contributed by atoms with Gasteiger partial charge in [0.15, 0.2) is 0 Å². The Morgan fingerprint density at radius 3 is 2.79 bits per heavy atom. The van der Waals surface area contributed by atoms with E-state index in [0.717, 1.165) is 12.6 Å². The van der Waals surface area contributed by atoms with Crippen molar-refractivity contribution in [3.05, 3.63) is 29.6 Å². The summed E-state index contributed by atoms with van der Waals surface area (Å²) in [6.07, 6.45) is 0. The van der Waals surface area contributed by atoms with E-state index < -0.39 is 11.7 Å². The third kappa shape index (κ3) is 5.67. The van der Waals surface area contributed by atoms with Crippen molar-refractivity contribution in [2.45, 2.75) is 0 Å². The molecule has 0 fully saturated rings. The lowest BCUT2D eigenvalue weighted by molar-refractivity contribution is 0.0896. The Balaban J connectivity index is 2.28. The first kappa shape index (κ1) is 15.4. The summed E-state index contributed by atoms with van der Waals surface area (Å²) in [7, 11) is 3.89. The second-order valence-electron chi connectivity index (χ2n) is 4.34. The maximum Gasteiger partial charge on any atom is 0.254 e. The first-order valence-corrected chi connectivity index (χ1v) is 6.00. The normalized spacial score (nSPS) is 10.7. The highest BCUT2D eigenvalue weighted by molar-refractivity contribution is 5.94. The maximum atomic E-state index is 13.4. The van der Waals surface area contributed by atoms with Crippen molar-refractivity contribution in [2.24, 2.45) is 0 Å². The van der Waals surface area contributed by atoms with Crippen molar-refractivity contribution in [3.63, 3.8) is 0 Å². The van der Waals surface area contributed by atoms with Crippen LogP contribution >= 0.6 is 0 Å². The predicted molar refractivity (Wildman–Crippen MR) is 69.8 cm³/mol. The maximum absolute atomic E-state index is 13.4. The number of ether oxygens (including phenoxy) is 1. The third-order valence-corrected chi connectivity index (χ3v) is 2.41. The van der Waals surface area contributed by atoms with Gasteiger partial charge in [-0.3, -0.25) is 4.79 Å². The van der Waals surface area contributed by atoms with Crippen LogP contribution in [0.5, 0.6) is 5.75 Å². The van der Waals surface area contributed by atoms with Gasteiger partial charge in [-0.15, -0.1) is 0 Å². The molecule has 1 aromatic rings. The van der Waals surface area contributed by atoms with E-state index in [4.69, 9.17) is 9.84 Å². The molecule has 0 bridgehead atoms. The molecule has 5 nitrogen and oxygen atoms in total. The fraction of sp³-hybridized carbons (Fsp3) is 0.462. The summed E-state index contributed by atoms with van der Waals surface area (Å²) >= 11 is 0. The number of likely N-dealkylation sites (N-methyl/N-ethyl adjacent to an activating group) is 1. The number of hydrogen-bond acceptors (Lipinski definition) is 4. The van der Waals surface area contributed by atoms with Crippen molar-refractivity contribution >= 4 is 5.91 Å². The summed E-state index contributed by atoms with van der Waals surface area (Å²) in [5.74, 6) is -1.47. The molecule has 19 heavy (non-hydrogen) atoms. The largest absolute Gasteiger partial charge is 0.508 e. The molecule has 0 spiro atoms. The zero-order valence-electron chi connectivity index (χ0n) is 11.1. The highest BCUT2D eigenvalue weighted by Gasteiger charge is 2.11. The SMILES string of the molecule is CN(C)CCOCCNC(=O)c1ccc(O)cc1F. The Kier molecular flexibility index (Phi) is 6.24. The summed E-state index contributed by atoms with van der Waals surface area (Å²) in [6.45, 7) is 2.07. The standard InChI is InChI=1S/C13H19FN2O3/c1-16(2)6-8-19-7-5-15-13(18)11-4-3-10(17)9-12(11)14/h3-4,9,17H,5-8H2,1-2H3,(H,15,18). The summed E-state index contributed by atoms with van der Waals surface area (Å²) in [5.41, 5.74) is -0.0916. The van der Waals surface area contributed by atoms with Crippen molar-refractivity contribution < 1.29 is 19.0 Å². The molecule has 1 rings (SSSR count). The van der Waals surface area contributed by atoms with Crippen LogP contribution in [-0.2, 0) is 4.74 Å². The Morgan fingerprint density at radius 2 is 2.16 bits per heavy atom. The fourth-order valence-corrected chi connectivity index (χ4v) is 1.37. The number of nitrogens with one attached hydrogen (secondary N) is 1. The molecule has 0 saturated carbocycles. The van der Waals surface area contributed by atoms with Crippen LogP contribution in [0.25, 0.3) is 0 Å². The Hall–Kier alpha value is -1.66. The van der Waals surface area contributed by atoms with Crippen molar-refractivity contribution in [1.29, 1.82) is 0 Å². The quantitative estimate of drug-likeness (QED) is 0.721. The van der Waals surface area contributed by atoms with Gasteiger partial charge in [0.2, 0.25) is 0 Å². The second-order valence-corrected chi connectivity index (χ2v) is 4.34. The lowest BCUT2D eigenvalue weighted by Gasteiger charge is -2.10. The van der Waals surface area contributed by atoms with Gasteiger partial charge in [-0.1, -0.05) is 0 Å². The molecule has 0 aliphatic carbocycles. The van der Waals surface area contributed by atoms with Gasteiger partial charge >= 0.3 is 0 Å². The van der Waals surface area contributed by atoms with Crippen LogP contribution in [0.2, 0.25) is 0 Å². The molecule has 2 N–H and O–H groups in total. The third-order valence-electron chi connectivity index (χ3n) is 2.41. The molecule has 6 heteroatoms. The van der Waals surface area contributed by atoms with Crippen LogP contribution < -0.4 is 5.32 Å². The topological polar surface area (TPSA) is 61.8 Å². The molecule has 0 unspecified atom stereocenters. The van der Waals surface area contributed by atoms with E-state index in [2.05, 4.69) is 5.32 Å². The summed E-state index contributed by atoms with van der Waals surface area (Å²) in [5, 5.41) is 11.6. The number of hydrogen-bond donors (Lipinski definition) is 2. The van der Waals surface area contributed by atoms with E-state index in [9.17, 15) is 9.18 Å². The monoisotopic (exact) mass is 270 g/mol. The van der Waals surface area contributed by atoms with Crippen LogP contribution in [0.3, 0.4) is 0 Å². The molecule has 0 aromatic heterocycles. The molecule has 0 radical (unpaired) electrons. The van der Waals surface area contributed by atoms with Gasteiger partial charge in [0.05, 0.1) is 18.8 Å². The summed E-state index contributed by atoms with van der Waals surface area (Å²) in [6, 6.07) is 3.42. The Bertz CT molecular complexity index is 424. The number of halogens is 1. The average Bonchev–Trinajstić information content (AvgIpc) is 2.32. The minimum atomic E-state index is -0.744. The molecule has 0 atom stereocenters. The predicted octanol–water partition coefficient (Wildman–Crippen LogP) is 0.839. The smallest absolute Gasteiger partial charge is 0.254 e. The van der Waals surface area contributed by atoms with E-state index in [1.165, 1.54) is 12.1 Å². The number of phenols is 1. The second kappa shape index (κ2) is 7.70. The average molecular weight is 270 g/mol. The number of amides is 1. The molecule has 0 heterocycles. The number of rotatable bonds is 7. The number of phenolic OH excluding ortho intramolecular Hbond substituents is 1. The first-order chi connectivity index (χ1) is 9.00. The number of carbonyl (C=O) groups is 1. The molecular weight excluding hydrogens is 251 g/mol. The van der Waals surface area contributed by atoms with Crippen LogP contribution in [0, 0.1) is 5.82 Å². The Labute approximate surface area is 112 Å². The van der Waals surface area contributed by atoms with Gasteiger partial charge in [-0.2, -0.15) is 0 Å². The van der Waals surface area contributed by atoms with Crippen molar-refractivity contribution in [1.82, 2.24) is 10.2 Å². The van der Waals surface area contributed by atoms with Gasteiger partial charge in [0.25, 0.3) is 5.91 Å². The first-order valence-electron chi connectivity index (χ1n) is 6.00. The molecule has 106 valence electrons. The van der Waals surface area contributed by atoms with Crippen molar-refractivity contribution in [3.8, 4) is 5.75 Å². The van der Waals surface area contributed by atoms with Gasteiger partial charge < -0.3 is 20.1 Å². The molecule has 0 aliphatic rings. The van der Waals surface area contributed by atoms with E-state index in [1.54, 1.807) is 0 Å². The minimum absolute atomic E-state index is 0.0916.